The number of nitrogens with one attached hydrogen (secondary N) is 1. The van der Waals surface area contributed by atoms with Gasteiger partial charge in [-0.05, 0) is 56.5 Å². The van der Waals surface area contributed by atoms with Crippen LogP contribution in [0.15, 0.2) is 30.3 Å². The van der Waals surface area contributed by atoms with Gasteiger partial charge in [0, 0.05) is 17.3 Å². The molecule has 1 saturated heterocycles. The van der Waals surface area contributed by atoms with Crippen LogP contribution < -0.4 is 5.32 Å². The lowest BCUT2D eigenvalue weighted by atomic mass is 10.1. The first-order chi connectivity index (χ1) is 14.3. The van der Waals surface area contributed by atoms with Crippen molar-refractivity contribution < 1.29 is 17.6 Å². The Morgan fingerprint density at radius 1 is 1.20 bits per heavy atom. The van der Waals surface area contributed by atoms with Gasteiger partial charge in [0.15, 0.2) is 15.5 Å². The molecule has 156 valence electrons. The van der Waals surface area contributed by atoms with Crippen molar-refractivity contribution in [2.45, 2.75) is 38.1 Å². The lowest BCUT2D eigenvalue weighted by Crippen LogP contribution is -2.15. The maximum Gasteiger partial charge on any atom is 0.256 e. The van der Waals surface area contributed by atoms with Gasteiger partial charge in [-0.3, -0.25) is 4.79 Å². The smallest absolute Gasteiger partial charge is 0.256 e. The zero-order valence-electron chi connectivity index (χ0n) is 16.4. The number of fused-ring (bicyclic) bond motifs is 1. The molecule has 1 aliphatic heterocycles. The van der Waals surface area contributed by atoms with Crippen molar-refractivity contribution >= 4 is 32.5 Å². The predicted molar refractivity (Wildman–Crippen MR) is 111 cm³/mol. The fourth-order valence-electron chi connectivity index (χ4n) is 4.05. The largest absolute Gasteiger partial charge is 0.322 e. The SMILES string of the molecule is Cc1nn([C@@H]2CCS(=O)(=O)C2)c2nc(C3CC3)cc(C(=O)Nc3ccc(F)cc3)c12. The van der Waals surface area contributed by atoms with E-state index in [0.717, 1.165) is 18.5 Å². The molecule has 9 heteroatoms. The van der Waals surface area contributed by atoms with Gasteiger partial charge in [0.05, 0.1) is 34.2 Å². The fourth-order valence-corrected chi connectivity index (χ4v) is 5.75. The van der Waals surface area contributed by atoms with E-state index in [9.17, 15) is 17.6 Å². The number of anilines is 1. The Morgan fingerprint density at radius 2 is 1.93 bits per heavy atom. The summed E-state index contributed by atoms with van der Waals surface area (Å²) < 4.78 is 38.9. The summed E-state index contributed by atoms with van der Waals surface area (Å²) in [6.07, 6.45) is 2.52. The molecule has 0 spiro atoms. The van der Waals surface area contributed by atoms with Crippen LogP contribution in [0.5, 0.6) is 0 Å². The lowest BCUT2D eigenvalue weighted by molar-refractivity contribution is 0.102. The first-order valence-corrected chi connectivity index (χ1v) is 11.8. The zero-order valence-corrected chi connectivity index (χ0v) is 17.2. The van der Waals surface area contributed by atoms with Crippen LogP contribution in [0.1, 0.15) is 53.0 Å². The summed E-state index contributed by atoms with van der Waals surface area (Å²) in [5, 5.41) is 8.02. The Balaban J connectivity index is 1.60. The van der Waals surface area contributed by atoms with Crippen LogP contribution in [-0.4, -0.2) is 40.6 Å². The summed E-state index contributed by atoms with van der Waals surface area (Å²) in [6, 6.07) is 7.12. The third-order valence-corrected chi connectivity index (χ3v) is 7.50. The summed E-state index contributed by atoms with van der Waals surface area (Å²) in [5.41, 5.74) is 2.97. The minimum absolute atomic E-state index is 0.0374. The normalized spacial score (nSPS) is 20.5. The van der Waals surface area contributed by atoms with Gasteiger partial charge in [0.2, 0.25) is 0 Å². The van der Waals surface area contributed by atoms with E-state index < -0.39 is 9.84 Å². The van der Waals surface area contributed by atoms with Gasteiger partial charge < -0.3 is 5.32 Å². The molecule has 3 aromatic rings. The molecule has 1 amide bonds. The van der Waals surface area contributed by atoms with E-state index in [1.54, 1.807) is 11.6 Å². The standard InChI is InChI=1S/C21H21FN4O3S/c1-12-19-17(21(27)23-15-6-4-14(22)5-7-15)10-18(13-2-3-13)24-20(19)26(25-12)16-8-9-30(28,29)11-16/h4-7,10,13,16H,2-3,8-9,11H2,1H3,(H,23,27)/t16-/m1/s1. The molecule has 5 rings (SSSR count). The minimum Gasteiger partial charge on any atom is -0.322 e. The van der Waals surface area contributed by atoms with Gasteiger partial charge in [0.1, 0.15) is 5.82 Å². The van der Waals surface area contributed by atoms with Gasteiger partial charge >= 0.3 is 0 Å². The number of sulfone groups is 1. The highest BCUT2D eigenvalue weighted by Gasteiger charge is 2.34. The number of aromatic nitrogens is 3. The number of benzene rings is 1. The highest BCUT2D eigenvalue weighted by atomic mass is 32.2. The second-order valence-electron chi connectivity index (χ2n) is 8.12. The van der Waals surface area contributed by atoms with E-state index in [0.29, 0.717) is 40.3 Å². The highest BCUT2D eigenvalue weighted by molar-refractivity contribution is 7.91. The maximum absolute atomic E-state index is 13.2. The van der Waals surface area contributed by atoms with Crippen molar-refractivity contribution in [3.63, 3.8) is 0 Å². The van der Waals surface area contributed by atoms with Crippen molar-refractivity contribution in [3.05, 3.63) is 53.1 Å². The molecule has 0 bridgehead atoms. The quantitative estimate of drug-likeness (QED) is 0.688. The number of halogens is 1. The van der Waals surface area contributed by atoms with Gasteiger partial charge in [-0.2, -0.15) is 5.10 Å². The average Bonchev–Trinajstić information content (AvgIpc) is 3.42. The van der Waals surface area contributed by atoms with Crippen molar-refractivity contribution in [2.75, 3.05) is 16.8 Å². The average molecular weight is 428 g/mol. The van der Waals surface area contributed by atoms with Crippen LogP contribution >= 0.6 is 0 Å². The molecule has 1 saturated carbocycles. The third kappa shape index (κ3) is 3.47. The van der Waals surface area contributed by atoms with Crippen molar-refractivity contribution in [1.29, 1.82) is 0 Å². The molecule has 0 radical (unpaired) electrons. The number of hydrogen-bond donors (Lipinski definition) is 1. The maximum atomic E-state index is 13.2. The summed E-state index contributed by atoms with van der Waals surface area (Å²) in [6.45, 7) is 1.80. The predicted octanol–water partition coefficient (Wildman–Crippen LogP) is 3.37. The van der Waals surface area contributed by atoms with E-state index in [4.69, 9.17) is 4.98 Å². The van der Waals surface area contributed by atoms with E-state index in [-0.39, 0.29) is 29.3 Å². The molecule has 1 atom stereocenters. The van der Waals surface area contributed by atoms with E-state index in [1.807, 2.05) is 6.07 Å². The fraction of sp³-hybridized carbons (Fsp3) is 0.381. The number of pyridine rings is 1. The second-order valence-corrected chi connectivity index (χ2v) is 10.3. The summed E-state index contributed by atoms with van der Waals surface area (Å²) >= 11 is 0. The third-order valence-electron chi connectivity index (χ3n) is 5.75. The number of nitrogens with zero attached hydrogens (tertiary/aromatic N) is 3. The van der Waals surface area contributed by atoms with Crippen molar-refractivity contribution in [2.24, 2.45) is 0 Å². The number of carbonyl (C=O) groups is 1. The summed E-state index contributed by atoms with van der Waals surface area (Å²) in [5.74, 6) is -0.215. The molecule has 2 aromatic heterocycles. The Kier molecular flexibility index (Phi) is 4.39. The number of rotatable bonds is 4. The Morgan fingerprint density at radius 3 is 2.57 bits per heavy atom. The molecule has 30 heavy (non-hydrogen) atoms. The molecular weight excluding hydrogens is 407 g/mol. The van der Waals surface area contributed by atoms with Crippen molar-refractivity contribution in [1.82, 2.24) is 14.8 Å². The molecule has 7 nitrogen and oxygen atoms in total. The highest BCUT2D eigenvalue weighted by Crippen LogP contribution is 2.41. The molecule has 2 fully saturated rings. The van der Waals surface area contributed by atoms with Gasteiger partial charge in [-0.15, -0.1) is 0 Å². The molecule has 1 aliphatic carbocycles. The number of aryl methyl sites for hydroxylation is 1. The van der Waals surface area contributed by atoms with Crippen LogP contribution in [0.25, 0.3) is 11.0 Å². The lowest BCUT2D eigenvalue weighted by Gasteiger charge is -2.12. The van der Waals surface area contributed by atoms with Gasteiger partial charge in [0.25, 0.3) is 5.91 Å². The number of carbonyl (C=O) groups excluding carboxylic acids is 1. The van der Waals surface area contributed by atoms with Crippen LogP contribution in [0.4, 0.5) is 10.1 Å². The van der Waals surface area contributed by atoms with Crippen LogP contribution in [0, 0.1) is 12.7 Å². The van der Waals surface area contributed by atoms with E-state index in [1.165, 1.54) is 24.3 Å². The molecule has 3 heterocycles. The number of hydrogen-bond acceptors (Lipinski definition) is 5. The second kappa shape index (κ2) is 6.87. The van der Waals surface area contributed by atoms with E-state index >= 15 is 0 Å². The molecule has 2 aliphatic rings. The Hall–Kier alpha value is -2.81. The zero-order chi connectivity index (χ0) is 21.0. The van der Waals surface area contributed by atoms with Crippen molar-refractivity contribution in [3.8, 4) is 0 Å². The molecule has 0 unspecified atom stereocenters. The Labute approximate surface area is 173 Å². The molecular formula is C21H21FN4O3S. The van der Waals surface area contributed by atoms with Crippen LogP contribution in [0.3, 0.4) is 0 Å². The molecule has 1 aromatic carbocycles. The number of amides is 1. The topological polar surface area (TPSA) is 93.9 Å². The molecule has 1 N–H and O–H groups in total. The minimum atomic E-state index is -3.09. The Bertz CT molecular complexity index is 1260. The van der Waals surface area contributed by atoms with Gasteiger partial charge in [-0.25, -0.2) is 22.5 Å². The summed E-state index contributed by atoms with van der Waals surface area (Å²) in [7, 11) is -3.09. The summed E-state index contributed by atoms with van der Waals surface area (Å²) in [4.78, 5) is 17.9. The van der Waals surface area contributed by atoms with Gasteiger partial charge in [-0.1, -0.05) is 0 Å². The first kappa shape index (κ1) is 19.2. The van der Waals surface area contributed by atoms with Crippen LogP contribution in [0.2, 0.25) is 0 Å². The van der Waals surface area contributed by atoms with Crippen LogP contribution in [-0.2, 0) is 9.84 Å². The first-order valence-electron chi connectivity index (χ1n) is 9.98. The van der Waals surface area contributed by atoms with E-state index in [2.05, 4.69) is 10.4 Å². The monoisotopic (exact) mass is 428 g/mol.